The molecule has 4 heterocycles. The molecule has 176 valence electrons. The molecule has 0 spiro atoms. The number of carboxylic acids is 1. The molecule has 32 heavy (non-hydrogen) atoms. The number of nitrogens with zero attached hydrogens (tertiary/aromatic N) is 5. The summed E-state index contributed by atoms with van der Waals surface area (Å²) in [5, 5.41) is 7.12. The van der Waals surface area contributed by atoms with Gasteiger partial charge in [-0.3, -0.25) is 0 Å². The number of aromatic nitrogens is 4. The standard InChI is InChI=1S/C18H25N5O2.C2HF3O2/c1-14-17-21-11-16(13-25-12-15-3-9-24-10-4-15)23(17)8-7-22(14)18-19-5-2-6-20-18;3-2(4,5)1(6)7/h2,5-6,11,14-15H,3-4,7-10,12-13H2,1H3;(H,6,7). The first-order valence-electron chi connectivity index (χ1n) is 10.3. The molecule has 1 unspecified atom stereocenters. The van der Waals surface area contributed by atoms with E-state index in [1.807, 2.05) is 12.3 Å². The van der Waals surface area contributed by atoms with Crippen molar-refractivity contribution in [2.45, 2.75) is 45.1 Å². The van der Waals surface area contributed by atoms with E-state index in [4.69, 9.17) is 19.4 Å². The van der Waals surface area contributed by atoms with Crippen molar-refractivity contribution in [1.82, 2.24) is 19.5 Å². The summed E-state index contributed by atoms with van der Waals surface area (Å²) in [6.45, 7) is 7.08. The van der Waals surface area contributed by atoms with Crippen molar-refractivity contribution in [2.75, 3.05) is 31.3 Å². The van der Waals surface area contributed by atoms with Crippen molar-refractivity contribution < 1.29 is 32.5 Å². The van der Waals surface area contributed by atoms with E-state index in [0.717, 1.165) is 63.2 Å². The number of imidazole rings is 1. The predicted octanol–water partition coefficient (Wildman–Crippen LogP) is 2.83. The van der Waals surface area contributed by atoms with E-state index in [2.05, 4.69) is 31.3 Å². The second-order valence-electron chi connectivity index (χ2n) is 7.55. The molecule has 2 aliphatic heterocycles. The summed E-state index contributed by atoms with van der Waals surface area (Å²) in [5.41, 5.74) is 1.16. The minimum absolute atomic E-state index is 0.153. The van der Waals surface area contributed by atoms with Gasteiger partial charge < -0.3 is 24.0 Å². The van der Waals surface area contributed by atoms with Gasteiger partial charge in [-0.15, -0.1) is 0 Å². The molecule has 1 N–H and O–H groups in total. The van der Waals surface area contributed by atoms with Crippen LogP contribution in [0.25, 0.3) is 0 Å². The van der Waals surface area contributed by atoms with Gasteiger partial charge in [-0.25, -0.2) is 19.7 Å². The van der Waals surface area contributed by atoms with Crippen molar-refractivity contribution in [3.8, 4) is 0 Å². The van der Waals surface area contributed by atoms with Crippen LogP contribution < -0.4 is 4.90 Å². The molecule has 0 aromatic carbocycles. The smallest absolute Gasteiger partial charge is 0.475 e. The van der Waals surface area contributed by atoms with Crippen molar-refractivity contribution in [3.63, 3.8) is 0 Å². The first-order valence-corrected chi connectivity index (χ1v) is 10.3. The van der Waals surface area contributed by atoms with E-state index in [-0.39, 0.29) is 6.04 Å². The molecule has 2 aromatic heterocycles. The van der Waals surface area contributed by atoms with E-state index in [1.165, 1.54) is 0 Å². The van der Waals surface area contributed by atoms with Crippen LogP contribution in [0.15, 0.2) is 24.7 Å². The highest BCUT2D eigenvalue weighted by Gasteiger charge is 2.38. The second kappa shape index (κ2) is 10.7. The third-order valence-electron chi connectivity index (χ3n) is 5.37. The second-order valence-corrected chi connectivity index (χ2v) is 7.55. The van der Waals surface area contributed by atoms with Crippen molar-refractivity contribution >= 4 is 11.9 Å². The zero-order valence-electron chi connectivity index (χ0n) is 17.7. The average Bonchev–Trinajstić information content (AvgIpc) is 3.19. The number of carbonyl (C=O) groups is 1. The highest BCUT2D eigenvalue weighted by molar-refractivity contribution is 5.73. The van der Waals surface area contributed by atoms with Crippen LogP contribution in [0.3, 0.4) is 0 Å². The summed E-state index contributed by atoms with van der Waals surface area (Å²) < 4.78 is 45.4. The molecule has 2 aromatic rings. The zero-order valence-corrected chi connectivity index (χ0v) is 17.7. The largest absolute Gasteiger partial charge is 0.490 e. The van der Waals surface area contributed by atoms with Gasteiger partial charge in [0.25, 0.3) is 0 Å². The molecule has 1 atom stereocenters. The SMILES string of the molecule is CC1c2ncc(COCC3CCOCC3)n2CCN1c1ncccn1.O=C(O)C(F)(F)F. The molecule has 12 heteroatoms. The van der Waals surface area contributed by atoms with E-state index < -0.39 is 12.1 Å². The zero-order chi connectivity index (χ0) is 23.1. The first kappa shape index (κ1) is 23.9. The monoisotopic (exact) mass is 457 g/mol. The van der Waals surface area contributed by atoms with Crippen LogP contribution in [-0.2, 0) is 27.4 Å². The van der Waals surface area contributed by atoms with Crippen LogP contribution in [0.1, 0.15) is 37.3 Å². The lowest BCUT2D eigenvalue weighted by atomic mass is 10.0. The van der Waals surface area contributed by atoms with Crippen LogP contribution in [0.2, 0.25) is 0 Å². The number of rotatable bonds is 5. The van der Waals surface area contributed by atoms with Crippen molar-refractivity contribution in [2.24, 2.45) is 5.92 Å². The minimum atomic E-state index is -5.08. The van der Waals surface area contributed by atoms with E-state index in [9.17, 15) is 13.2 Å². The van der Waals surface area contributed by atoms with Gasteiger partial charge >= 0.3 is 12.1 Å². The third kappa shape index (κ3) is 6.16. The van der Waals surface area contributed by atoms with Crippen LogP contribution in [0.4, 0.5) is 19.1 Å². The van der Waals surface area contributed by atoms with Crippen LogP contribution in [0.5, 0.6) is 0 Å². The molecule has 1 fully saturated rings. The Bertz CT molecular complexity index is 872. The first-order chi connectivity index (χ1) is 15.3. The van der Waals surface area contributed by atoms with E-state index in [0.29, 0.717) is 12.5 Å². The molecule has 1 saturated heterocycles. The van der Waals surface area contributed by atoms with E-state index in [1.54, 1.807) is 12.4 Å². The normalized spacial score (nSPS) is 19.1. The molecule has 0 amide bonds. The molecular formula is C20H26F3N5O4. The maximum absolute atomic E-state index is 10.6. The fraction of sp³-hybridized carbons (Fsp3) is 0.600. The highest BCUT2D eigenvalue weighted by Crippen LogP contribution is 2.28. The fourth-order valence-corrected chi connectivity index (χ4v) is 3.63. The number of halogens is 3. The minimum Gasteiger partial charge on any atom is -0.475 e. The summed E-state index contributed by atoms with van der Waals surface area (Å²) in [6, 6.07) is 1.99. The Morgan fingerprint density at radius 2 is 1.88 bits per heavy atom. The predicted molar refractivity (Wildman–Crippen MR) is 107 cm³/mol. The fourth-order valence-electron chi connectivity index (χ4n) is 3.63. The Hall–Kier alpha value is -2.73. The molecule has 0 bridgehead atoms. The maximum Gasteiger partial charge on any atom is 0.490 e. The molecule has 0 saturated carbocycles. The molecule has 9 nitrogen and oxygen atoms in total. The number of alkyl halides is 3. The van der Waals surface area contributed by atoms with Crippen molar-refractivity contribution in [1.29, 1.82) is 0 Å². The summed E-state index contributed by atoms with van der Waals surface area (Å²) >= 11 is 0. The number of carboxylic acid groups (broad SMARTS) is 1. The quantitative estimate of drug-likeness (QED) is 0.731. The van der Waals surface area contributed by atoms with Gasteiger partial charge in [-0.1, -0.05) is 0 Å². The third-order valence-corrected chi connectivity index (χ3v) is 5.37. The summed E-state index contributed by atoms with van der Waals surface area (Å²) in [5.74, 6) is -0.306. The van der Waals surface area contributed by atoms with Gasteiger partial charge in [-0.05, 0) is 31.7 Å². The van der Waals surface area contributed by atoms with Gasteiger partial charge in [0.15, 0.2) is 0 Å². The number of aliphatic carboxylic acids is 1. The molecule has 0 aliphatic carbocycles. The maximum atomic E-state index is 10.6. The van der Waals surface area contributed by atoms with Crippen LogP contribution >= 0.6 is 0 Å². The Kier molecular flexibility index (Phi) is 8.02. The van der Waals surface area contributed by atoms with Gasteiger partial charge in [0, 0.05) is 38.7 Å². The highest BCUT2D eigenvalue weighted by atomic mass is 19.4. The number of fused-ring (bicyclic) bond motifs is 1. The van der Waals surface area contributed by atoms with Crippen LogP contribution in [-0.4, -0.2) is 63.1 Å². The van der Waals surface area contributed by atoms with Gasteiger partial charge in [0.1, 0.15) is 5.82 Å². The lowest BCUT2D eigenvalue weighted by Gasteiger charge is -2.34. The Labute approximate surface area is 183 Å². The lowest BCUT2D eigenvalue weighted by molar-refractivity contribution is -0.192. The average molecular weight is 457 g/mol. The lowest BCUT2D eigenvalue weighted by Crippen LogP contribution is -2.38. The molecule has 2 aliphatic rings. The van der Waals surface area contributed by atoms with E-state index >= 15 is 0 Å². The number of ether oxygens (including phenoxy) is 2. The topological polar surface area (TPSA) is 103 Å². The molecule has 4 rings (SSSR count). The Balaban J connectivity index is 0.000000360. The van der Waals surface area contributed by atoms with Crippen molar-refractivity contribution in [3.05, 3.63) is 36.2 Å². The van der Waals surface area contributed by atoms with Gasteiger partial charge in [0.05, 0.1) is 31.1 Å². The summed E-state index contributed by atoms with van der Waals surface area (Å²) in [4.78, 5) is 24.5. The van der Waals surface area contributed by atoms with Crippen LogP contribution in [0, 0.1) is 5.92 Å². The number of anilines is 1. The summed E-state index contributed by atoms with van der Waals surface area (Å²) in [7, 11) is 0. The van der Waals surface area contributed by atoms with Gasteiger partial charge in [0.2, 0.25) is 5.95 Å². The Morgan fingerprint density at radius 1 is 1.22 bits per heavy atom. The molecular weight excluding hydrogens is 431 g/mol. The Morgan fingerprint density at radius 3 is 2.50 bits per heavy atom. The molecule has 0 radical (unpaired) electrons. The number of hydrogen-bond acceptors (Lipinski definition) is 7. The van der Waals surface area contributed by atoms with Gasteiger partial charge in [-0.2, -0.15) is 13.2 Å². The number of hydrogen-bond donors (Lipinski definition) is 1. The summed E-state index contributed by atoms with van der Waals surface area (Å²) in [6.07, 6.45) is 2.64.